The molecule has 596 valence electrons. The minimum Gasteiger partial charge on any atom is -0.462 e. The van der Waals surface area contributed by atoms with Crippen molar-refractivity contribution in [2.45, 2.75) is 406 Å². The van der Waals surface area contributed by atoms with Gasteiger partial charge in [0.2, 0.25) is 0 Å². The minimum atomic E-state index is -4.98. The van der Waals surface area contributed by atoms with E-state index in [2.05, 4.69) is 88.5 Å². The van der Waals surface area contributed by atoms with Crippen molar-refractivity contribution in [3.8, 4) is 0 Å². The number of allylic oxidation sites excluding steroid dienone is 10. The van der Waals surface area contributed by atoms with Crippen LogP contribution < -0.4 is 0 Å². The third-order valence-corrected chi connectivity index (χ3v) is 19.9. The second kappa shape index (κ2) is 76.0. The first-order chi connectivity index (χ1) is 49.7. The van der Waals surface area contributed by atoms with Crippen molar-refractivity contribution in [1.82, 2.24) is 0 Å². The highest BCUT2D eigenvalue weighted by atomic mass is 31.2. The summed E-state index contributed by atoms with van der Waals surface area (Å²) >= 11 is 0. The topological polar surface area (TPSA) is 237 Å². The number of carbonyl (C=O) groups is 4. The zero-order valence-corrected chi connectivity index (χ0v) is 67.1. The van der Waals surface area contributed by atoms with E-state index in [9.17, 15) is 43.2 Å². The van der Waals surface area contributed by atoms with E-state index in [1.807, 2.05) is 0 Å². The number of esters is 4. The van der Waals surface area contributed by atoms with Crippen molar-refractivity contribution in [3.63, 3.8) is 0 Å². The van der Waals surface area contributed by atoms with E-state index in [1.165, 1.54) is 154 Å². The van der Waals surface area contributed by atoms with Crippen LogP contribution in [0.2, 0.25) is 0 Å². The summed E-state index contributed by atoms with van der Waals surface area (Å²) in [5.41, 5.74) is 0. The molecule has 0 spiro atoms. The van der Waals surface area contributed by atoms with Gasteiger partial charge in [0.05, 0.1) is 26.4 Å². The number of hydrogen-bond donors (Lipinski definition) is 3. The number of rotatable bonds is 79. The molecule has 0 aliphatic heterocycles. The Hall–Kier alpha value is -3.24. The number of aliphatic hydroxyl groups excluding tert-OH is 1. The predicted molar refractivity (Wildman–Crippen MR) is 418 cm³/mol. The maximum absolute atomic E-state index is 13.1. The van der Waals surface area contributed by atoms with Gasteiger partial charge in [0.25, 0.3) is 0 Å². The van der Waals surface area contributed by atoms with Gasteiger partial charge in [-0.2, -0.15) is 0 Å². The molecule has 0 aromatic carbocycles. The summed E-state index contributed by atoms with van der Waals surface area (Å²) in [7, 11) is -9.95. The van der Waals surface area contributed by atoms with E-state index in [1.54, 1.807) is 0 Å². The minimum absolute atomic E-state index is 0.0793. The quantitative estimate of drug-likeness (QED) is 0.0169. The molecule has 0 bridgehead atoms. The van der Waals surface area contributed by atoms with Gasteiger partial charge in [-0.25, -0.2) is 9.13 Å². The third-order valence-electron chi connectivity index (χ3n) is 18.0. The summed E-state index contributed by atoms with van der Waals surface area (Å²) in [5, 5.41) is 10.7. The van der Waals surface area contributed by atoms with Crippen molar-refractivity contribution >= 4 is 39.5 Å². The molecule has 3 N–H and O–H groups in total. The summed E-state index contributed by atoms with van der Waals surface area (Å²) in [6, 6.07) is 0. The van der Waals surface area contributed by atoms with Crippen LogP contribution >= 0.6 is 15.6 Å². The highest BCUT2D eigenvalue weighted by Gasteiger charge is 2.30. The Morgan fingerprint density at radius 1 is 0.275 bits per heavy atom. The fraction of sp³-hybridized carbons (Fsp3) is 0.831. The lowest BCUT2D eigenvalue weighted by atomic mass is 10.0. The van der Waals surface area contributed by atoms with E-state index in [0.29, 0.717) is 25.7 Å². The Labute approximate surface area is 622 Å². The SMILES string of the molecule is CCCCC/C=C\C/C=C\CCCCCCCC(=O)OC[C@H](COP(=O)(O)OC[C@@H](O)COP(=O)(O)OC[C@@H](COC(=O)CCCCCCC/C=C\CCCCCCCC)OC(=O)CCCCCCCCCCCCCCCCCCC)OC(=O)CCCCCCC/C=C\C/C=C\CCCCC. The van der Waals surface area contributed by atoms with Crippen LogP contribution in [0.4, 0.5) is 0 Å². The molecule has 0 aliphatic carbocycles. The molecule has 102 heavy (non-hydrogen) atoms. The zero-order chi connectivity index (χ0) is 74.6. The van der Waals surface area contributed by atoms with Crippen LogP contribution in [-0.4, -0.2) is 96.7 Å². The third kappa shape index (κ3) is 75.0. The molecular weight excluding hydrogens is 1330 g/mol. The summed E-state index contributed by atoms with van der Waals surface area (Å²) < 4.78 is 68.7. The van der Waals surface area contributed by atoms with E-state index in [0.717, 1.165) is 154 Å². The van der Waals surface area contributed by atoms with Crippen LogP contribution in [-0.2, 0) is 65.4 Å². The smallest absolute Gasteiger partial charge is 0.462 e. The Balaban J connectivity index is 5.35. The lowest BCUT2D eigenvalue weighted by molar-refractivity contribution is -0.161. The normalized spacial score (nSPS) is 14.1. The fourth-order valence-corrected chi connectivity index (χ4v) is 13.2. The van der Waals surface area contributed by atoms with Gasteiger partial charge in [-0.3, -0.25) is 37.3 Å². The summed E-state index contributed by atoms with van der Waals surface area (Å²) in [6.45, 7) is 4.87. The Kier molecular flexibility index (Phi) is 73.6. The average molecular weight is 1480 g/mol. The Bertz CT molecular complexity index is 2170. The van der Waals surface area contributed by atoms with Crippen LogP contribution in [0.1, 0.15) is 387 Å². The second-order valence-electron chi connectivity index (χ2n) is 28.1. The molecule has 0 saturated heterocycles. The summed E-state index contributed by atoms with van der Waals surface area (Å²) in [6.07, 6.45) is 76.1. The monoisotopic (exact) mass is 1480 g/mol. The van der Waals surface area contributed by atoms with Gasteiger partial charge >= 0.3 is 39.5 Å². The van der Waals surface area contributed by atoms with E-state index in [-0.39, 0.29) is 25.7 Å². The summed E-state index contributed by atoms with van der Waals surface area (Å²) in [4.78, 5) is 73.1. The Morgan fingerprint density at radius 3 is 0.755 bits per heavy atom. The number of aliphatic hydroxyl groups is 1. The van der Waals surface area contributed by atoms with E-state index in [4.69, 9.17) is 37.0 Å². The molecule has 0 saturated carbocycles. The van der Waals surface area contributed by atoms with Crippen LogP contribution in [0, 0.1) is 0 Å². The number of hydrogen-bond acceptors (Lipinski definition) is 15. The molecule has 0 aromatic rings. The number of phosphoric ester groups is 2. The van der Waals surface area contributed by atoms with Crippen LogP contribution in [0.3, 0.4) is 0 Å². The van der Waals surface area contributed by atoms with Gasteiger partial charge in [0.1, 0.15) is 19.3 Å². The molecule has 0 fully saturated rings. The predicted octanol–water partition coefficient (Wildman–Crippen LogP) is 24.2. The fourth-order valence-electron chi connectivity index (χ4n) is 11.6. The van der Waals surface area contributed by atoms with Gasteiger partial charge in [0, 0.05) is 25.7 Å². The van der Waals surface area contributed by atoms with Crippen LogP contribution in [0.15, 0.2) is 60.8 Å². The standard InChI is InChI=1S/C83H152O17P2/c1-5-9-13-17-21-25-29-33-37-38-42-46-50-54-58-62-66-70-83(88)100-79(74-94-81(86)68-64-60-56-52-48-44-40-35-31-27-23-19-15-11-7-3)76-98-102(91,92)96-72-77(84)71-95-101(89,90)97-75-78(99-82(87)69-65-61-57-53-49-45-41-36-32-28-24-20-16-12-8-4)73-93-80(85)67-63-59-55-51-47-43-39-34-30-26-22-18-14-10-6-2/h22,24,26,28,34-36,39-41,77-79,84H,5-21,23,25,27,29-33,37-38,42-76H2,1-4H3,(H,89,90)(H,91,92)/b26-22-,28-24-,39-34-,40-35-,41-36-/t77-,78-,79-/m1/s1. The molecule has 0 rings (SSSR count). The van der Waals surface area contributed by atoms with Gasteiger partial charge in [-0.05, 0) is 116 Å². The van der Waals surface area contributed by atoms with Crippen molar-refractivity contribution in [2.24, 2.45) is 0 Å². The molecular formula is C83H152O17P2. The van der Waals surface area contributed by atoms with Crippen molar-refractivity contribution in [1.29, 1.82) is 0 Å². The molecule has 0 aliphatic rings. The van der Waals surface area contributed by atoms with Gasteiger partial charge in [0.15, 0.2) is 12.2 Å². The van der Waals surface area contributed by atoms with Gasteiger partial charge < -0.3 is 33.8 Å². The zero-order valence-electron chi connectivity index (χ0n) is 65.3. The highest BCUT2D eigenvalue weighted by molar-refractivity contribution is 7.47. The Morgan fingerprint density at radius 2 is 0.480 bits per heavy atom. The molecule has 0 radical (unpaired) electrons. The van der Waals surface area contributed by atoms with Crippen LogP contribution in [0.25, 0.3) is 0 Å². The van der Waals surface area contributed by atoms with Crippen molar-refractivity contribution in [3.05, 3.63) is 60.8 Å². The molecule has 17 nitrogen and oxygen atoms in total. The van der Waals surface area contributed by atoms with Gasteiger partial charge in [-0.1, -0.05) is 307 Å². The van der Waals surface area contributed by atoms with Crippen molar-refractivity contribution in [2.75, 3.05) is 39.6 Å². The first kappa shape index (κ1) is 98.8. The lowest BCUT2D eigenvalue weighted by Crippen LogP contribution is -2.30. The second-order valence-corrected chi connectivity index (χ2v) is 31.0. The molecule has 19 heteroatoms. The van der Waals surface area contributed by atoms with Gasteiger partial charge in [-0.15, -0.1) is 0 Å². The lowest BCUT2D eigenvalue weighted by Gasteiger charge is -2.21. The first-order valence-corrected chi connectivity index (χ1v) is 44.5. The maximum atomic E-state index is 13.1. The van der Waals surface area contributed by atoms with Crippen molar-refractivity contribution < 1.29 is 80.2 Å². The maximum Gasteiger partial charge on any atom is 0.472 e. The molecule has 0 heterocycles. The molecule has 5 atom stereocenters. The number of carbonyl (C=O) groups excluding carboxylic acids is 4. The number of unbranched alkanes of at least 4 members (excludes halogenated alkanes) is 43. The number of phosphoric acid groups is 2. The van der Waals surface area contributed by atoms with Crippen LogP contribution in [0.5, 0.6) is 0 Å². The molecule has 0 amide bonds. The highest BCUT2D eigenvalue weighted by Crippen LogP contribution is 2.45. The van der Waals surface area contributed by atoms with E-state index < -0.39 is 97.5 Å². The molecule has 2 unspecified atom stereocenters. The summed E-state index contributed by atoms with van der Waals surface area (Å²) in [5.74, 6) is -2.18. The first-order valence-electron chi connectivity index (χ1n) is 41.5. The molecule has 0 aromatic heterocycles. The largest absolute Gasteiger partial charge is 0.472 e. The number of ether oxygens (including phenoxy) is 4. The average Bonchev–Trinajstić information content (AvgIpc) is 0.922. The van der Waals surface area contributed by atoms with E-state index >= 15 is 0 Å².